The molecule has 106 valence electrons. The van der Waals surface area contributed by atoms with Gasteiger partial charge in [-0.2, -0.15) is 0 Å². The van der Waals surface area contributed by atoms with Gasteiger partial charge in [-0.25, -0.2) is 0 Å². The highest BCUT2D eigenvalue weighted by molar-refractivity contribution is 5.99. The van der Waals surface area contributed by atoms with Crippen LogP contribution < -0.4 is 10.6 Å². The van der Waals surface area contributed by atoms with Crippen molar-refractivity contribution in [3.8, 4) is 0 Å². The van der Waals surface area contributed by atoms with Crippen molar-refractivity contribution in [3.63, 3.8) is 0 Å². The second kappa shape index (κ2) is 5.29. The van der Waals surface area contributed by atoms with Crippen LogP contribution in [0.25, 0.3) is 11.0 Å². The smallest absolute Gasteiger partial charge is 0.287 e. The molecule has 1 fully saturated rings. The average molecular weight is 272 g/mol. The van der Waals surface area contributed by atoms with Gasteiger partial charge in [0.15, 0.2) is 5.76 Å². The molecule has 1 saturated heterocycles. The molecule has 2 aromatic rings. The minimum absolute atomic E-state index is 0.119. The van der Waals surface area contributed by atoms with E-state index in [9.17, 15) is 4.79 Å². The number of aryl methyl sites for hydroxylation is 2. The van der Waals surface area contributed by atoms with Crippen molar-refractivity contribution < 1.29 is 9.21 Å². The van der Waals surface area contributed by atoms with E-state index in [1.54, 1.807) is 0 Å². The summed E-state index contributed by atoms with van der Waals surface area (Å²) in [5, 5.41) is 7.36. The number of fused-ring (bicyclic) bond motifs is 1. The molecule has 20 heavy (non-hydrogen) atoms. The minimum Gasteiger partial charge on any atom is -0.450 e. The summed E-state index contributed by atoms with van der Waals surface area (Å²) in [6, 6.07) is 6.38. The Labute approximate surface area is 118 Å². The number of carbonyl (C=O) groups is 1. The summed E-state index contributed by atoms with van der Waals surface area (Å²) < 4.78 is 5.77. The number of carbonyl (C=O) groups excluding carboxylic acids is 1. The summed E-state index contributed by atoms with van der Waals surface area (Å²) in [7, 11) is 0. The third-order valence-electron chi connectivity index (χ3n) is 4.04. The largest absolute Gasteiger partial charge is 0.450 e. The third-order valence-corrected chi connectivity index (χ3v) is 4.04. The Hall–Kier alpha value is -1.81. The molecule has 3 rings (SSSR count). The number of benzene rings is 1. The lowest BCUT2D eigenvalue weighted by Gasteiger charge is -2.10. The molecule has 1 amide bonds. The van der Waals surface area contributed by atoms with E-state index < -0.39 is 0 Å². The van der Waals surface area contributed by atoms with Gasteiger partial charge in [-0.1, -0.05) is 18.2 Å². The normalized spacial score (nSPS) is 18.6. The van der Waals surface area contributed by atoms with Crippen molar-refractivity contribution in [2.45, 2.75) is 32.7 Å². The Bertz CT molecular complexity index is 639. The van der Waals surface area contributed by atoms with E-state index in [4.69, 9.17) is 4.42 Å². The maximum absolute atomic E-state index is 12.3. The average Bonchev–Trinajstić information content (AvgIpc) is 3.06. The van der Waals surface area contributed by atoms with Gasteiger partial charge in [0.25, 0.3) is 5.91 Å². The van der Waals surface area contributed by atoms with Gasteiger partial charge in [-0.15, -0.1) is 0 Å². The quantitative estimate of drug-likeness (QED) is 0.902. The number of furan rings is 1. The van der Waals surface area contributed by atoms with E-state index in [1.165, 1.54) is 6.42 Å². The van der Waals surface area contributed by atoms with E-state index in [0.29, 0.717) is 18.3 Å². The molecule has 1 atom stereocenters. The van der Waals surface area contributed by atoms with Crippen molar-refractivity contribution in [1.29, 1.82) is 0 Å². The van der Waals surface area contributed by atoms with Crippen LogP contribution >= 0.6 is 0 Å². The standard InChI is InChI=1S/C16H20N2O2/c1-10-5-3-7-13-11(2)15(20-14(10)13)16(19)18-9-12-6-4-8-17-12/h3,5,7,12,17H,4,6,8-9H2,1-2H3,(H,18,19). The predicted octanol–water partition coefficient (Wildman–Crippen LogP) is 2.53. The second-order valence-corrected chi connectivity index (χ2v) is 5.51. The summed E-state index contributed by atoms with van der Waals surface area (Å²) in [6.07, 6.45) is 2.31. The zero-order chi connectivity index (χ0) is 14.1. The molecule has 0 aliphatic carbocycles. The fourth-order valence-electron chi connectivity index (χ4n) is 2.83. The first kappa shape index (κ1) is 13.2. The van der Waals surface area contributed by atoms with Crippen LogP contribution in [0.5, 0.6) is 0 Å². The molecule has 1 aliphatic heterocycles. The van der Waals surface area contributed by atoms with Gasteiger partial charge >= 0.3 is 0 Å². The molecular formula is C16H20N2O2. The Balaban J connectivity index is 1.80. The van der Waals surface area contributed by atoms with Crippen LogP contribution in [-0.2, 0) is 0 Å². The topological polar surface area (TPSA) is 54.3 Å². The van der Waals surface area contributed by atoms with Gasteiger partial charge in [0.05, 0.1) is 0 Å². The van der Waals surface area contributed by atoms with Gasteiger partial charge in [-0.3, -0.25) is 4.79 Å². The molecule has 4 nitrogen and oxygen atoms in total. The van der Waals surface area contributed by atoms with Crippen LogP contribution in [0.2, 0.25) is 0 Å². The number of para-hydroxylation sites is 1. The van der Waals surface area contributed by atoms with Crippen molar-refractivity contribution in [2.75, 3.05) is 13.1 Å². The molecule has 1 aliphatic rings. The maximum atomic E-state index is 12.3. The Kier molecular flexibility index (Phi) is 3.49. The SMILES string of the molecule is Cc1c(C(=O)NCC2CCCN2)oc2c(C)cccc12. The van der Waals surface area contributed by atoms with Crippen molar-refractivity contribution >= 4 is 16.9 Å². The van der Waals surface area contributed by atoms with Gasteiger partial charge < -0.3 is 15.1 Å². The number of amides is 1. The first-order chi connectivity index (χ1) is 9.66. The molecule has 1 unspecified atom stereocenters. The minimum atomic E-state index is -0.119. The number of rotatable bonds is 3. The summed E-state index contributed by atoms with van der Waals surface area (Å²) in [6.45, 7) is 5.64. The van der Waals surface area contributed by atoms with Gasteiger partial charge in [-0.05, 0) is 38.8 Å². The van der Waals surface area contributed by atoms with Gasteiger partial charge in [0.2, 0.25) is 0 Å². The highest BCUT2D eigenvalue weighted by atomic mass is 16.3. The Morgan fingerprint density at radius 2 is 2.30 bits per heavy atom. The summed E-state index contributed by atoms with van der Waals surface area (Å²) in [4.78, 5) is 12.3. The zero-order valence-corrected chi connectivity index (χ0v) is 12.0. The van der Waals surface area contributed by atoms with E-state index in [0.717, 1.165) is 35.1 Å². The van der Waals surface area contributed by atoms with Crippen LogP contribution in [0.1, 0.15) is 34.5 Å². The van der Waals surface area contributed by atoms with E-state index in [1.807, 2.05) is 32.0 Å². The second-order valence-electron chi connectivity index (χ2n) is 5.51. The molecule has 0 radical (unpaired) electrons. The number of hydrogen-bond acceptors (Lipinski definition) is 3. The van der Waals surface area contributed by atoms with Crippen LogP contribution in [-0.4, -0.2) is 25.0 Å². The highest BCUT2D eigenvalue weighted by Crippen LogP contribution is 2.27. The monoisotopic (exact) mass is 272 g/mol. The number of nitrogens with one attached hydrogen (secondary N) is 2. The molecular weight excluding hydrogens is 252 g/mol. The zero-order valence-electron chi connectivity index (χ0n) is 12.0. The maximum Gasteiger partial charge on any atom is 0.287 e. The lowest BCUT2D eigenvalue weighted by molar-refractivity contribution is 0.0924. The fraction of sp³-hybridized carbons (Fsp3) is 0.438. The lowest BCUT2D eigenvalue weighted by atomic mass is 10.1. The van der Waals surface area contributed by atoms with Crippen LogP contribution in [0.3, 0.4) is 0 Å². The van der Waals surface area contributed by atoms with Gasteiger partial charge in [0, 0.05) is 23.5 Å². The Morgan fingerprint density at radius 3 is 3.00 bits per heavy atom. The van der Waals surface area contributed by atoms with Gasteiger partial charge in [0.1, 0.15) is 5.58 Å². The van der Waals surface area contributed by atoms with E-state index >= 15 is 0 Å². The molecule has 0 bridgehead atoms. The summed E-state index contributed by atoms with van der Waals surface area (Å²) in [5.41, 5.74) is 2.79. The van der Waals surface area contributed by atoms with Crippen LogP contribution in [0.15, 0.2) is 22.6 Å². The van der Waals surface area contributed by atoms with Crippen LogP contribution in [0, 0.1) is 13.8 Å². The third kappa shape index (κ3) is 2.31. The molecule has 1 aromatic carbocycles. The lowest BCUT2D eigenvalue weighted by Crippen LogP contribution is -2.37. The molecule has 2 N–H and O–H groups in total. The molecule has 2 heterocycles. The van der Waals surface area contributed by atoms with Crippen LogP contribution in [0.4, 0.5) is 0 Å². The molecule has 0 saturated carbocycles. The first-order valence-corrected chi connectivity index (χ1v) is 7.17. The number of hydrogen-bond donors (Lipinski definition) is 2. The fourth-order valence-corrected chi connectivity index (χ4v) is 2.83. The molecule has 1 aromatic heterocycles. The van der Waals surface area contributed by atoms with E-state index in [2.05, 4.69) is 10.6 Å². The first-order valence-electron chi connectivity index (χ1n) is 7.17. The molecule has 0 spiro atoms. The summed E-state index contributed by atoms with van der Waals surface area (Å²) in [5.74, 6) is 0.319. The summed E-state index contributed by atoms with van der Waals surface area (Å²) >= 11 is 0. The predicted molar refractivity (Wildman–Crippen MR) is 79.0 cm³/mol. The van der Waals surface area contributed by atoms with E-state index in [-0.39, 0.29) is 5.91 Å². The Morgan fingerprint density at radius 1 is 1.45 bits per heavy atom. The van der Waals surface area contributed by atoms with Crippen molar-refractivity contribution in [2.24, 2.45) is 0 Å². The highest BCUT2D eigenvalue weighted by Gasteiger charge is 2.20. The van der Waals surface area contributed by atoms with Crippen molar-refractivity contribution in [3.05, 3.63) is 35.1 Å². The molecule has 4 heteroatoms. The van der Waals surface area contributed by atoms with Crippen molar-refractivity contribution in [1.82, 2.24) is 10.6 Å².